The van der Waals surface area contributed by atoms with E-state index in [0.717, 1.165) is 55.6 Å². The van der Waals surface area contributed by atoms with Crippen LogP contribution >= 0.6 is 0 Å². The number of nitrogens with one attached hydrogen (secondary N) is 1. The molecular formula is C22H30N4O2. The largest absolute Gasteiger partial charge is 0.353 e. The SMILES string of the molecule is C/C=C\C(=O)NCCCc1nc2ccccc2n1CC(=O)N1CCCCCC1. The summed E-state index contributed by atoms with van der Waals surface area (Å²) in [6.45, 7) is 4.46. The van der Waals surface area contributed by atoms with Crippen molar-refractivity contribution in [2.24, 2.45) is 0 Å². The van der Waals surface area contributed by atoms with Gasteiger partial charge in [-0.2, -0.15) is 0 Å². The Kier molecular flexibility index (Phi) is 7.23. The van der Waals surface area contributed by atoms with Gasteiger partial charge in [0.05, 0.1) is 11.0 Å². The molecule has 1 aliphatic rings. The zero-order valence-corrected chi connectivity index (χ0v) is 16.7. The third kappa shape index (κ3) is 5.21. The molecule has 0 unspecified atom stereocenters. The van der Waals surface area contributed by atoms with E-state index in [0.29, 0.717) is 13.1 Å². The lowest BCUT2D eigenvalue weighted by Gasteiger charge is -2.21. The third-order valence-electron chi connectivity index (χ3n) is 5.18. The maximum absolute atomic E-state index is 12.9. The highest BCUT2D eigenvalue weighted by Gasteiger charge is 2.19. The normalized spacial score (nSPS) is 15.1. The second kappa shape index (κ2) is 10.1. The van der Waals surface area contributed by atoms with Crippen LogP contribution in [0.1, 0.15) is 44.9 Å². The lowest BCUT2D eigenvalue weighted by Crippen LogP contribution is -2.35. The van der Waals surface area contributed by atoms with E-state index in [4.69, 9.17) is 4.98 Å². The Labute approximate surface area is 166 Å². The summed E-state index contributed by atoms with van der Waals surface area (Å²) in [5.74, 6) is 1.00. The van der Waals surface area contributed by atoms with Gasteiger partial charge in [0.15, 0.2) is 0 Å². The molecule has 2 amide bonds. The molecule has 0 atom stereocenters. The summed E-state index contributed by atoms with van der Waals surface area (Å²) < 4.78 is 2.05. The number of hydrogen-bond acceptors (Lipinski definition) is 3. The molecule has 0 aliphatic carbocycles. The molecule has 0 radical (unpaired) electrons. The summed E-state index contributed by atoms with van der Waals surface area (Å²) >= 11 is 0. The quantitative estimate of drug-likeness (QED) is 0.591. The number of imidazole rings is 1. The molecule has 1 saturated heterocycles. The summed E-state index contributed by atoms with van der Waals surface area (Å²) in [6, 6.07) is 7.96. The Morgan fingerprint density at radius 2 is 1.89 bits per heavy atom. The van der Waals surface area contributed by atoms with Crippen molar-refractivity contribution < 1.29 is 9.59 Å². The van der Waals surface area contributed by atoms with Crippen LogP contribution in [-0.2, 0) is 22.6 Å². The molecule has 0 saturated carbocycles. The number of fused-ring (bicyclic) bond motifs is 1. The van der Waals surface area contributed by atoms with Gasteiger partial charge in [0, 0.05) is 26.1 Å². The van der Waals surface area contributed by atoms with Crippen LogP contribution in [0.4, 0.5) is 0 Å². The fraction of sp³-hybridized carbons (Fsp3) is 0.500. The molecule has 1 N–H and O–H groups in total. The first-order valence-electron chi connectivity index (χ1n) is 10.3. The first-order valence-corrected chi connectivity index (χ1v) is 10.3. The van der Waals surface area contributed by atoms with Gasteiger partial charge in [0.1, 0.15) is 12.4 Å². The van der Waals surface area contributed by atoms with Crippen molar-refractivity contribution in [3.8, 4) is 0 Å². The topological polar surface area (TPSA) is 67.2 Å². The fourth-order valence-electron chi connectivity index (χ4n) is 3.72. The Morgan fingerprint density at radius 1 is 1.14 bits per heavy atom. The van der Waals surface area contributed by atoms with Crippen LogP contribution < -0.4 is 5.32 Å². The molecule has 6 nitrogen and oxygen atoms in total. The van der Waals surface area contributed by atoms with E-state index in [2.05, 4.69) is 9.88 Å². The molecule has 1 aliphatic heterocycles. The molecule has 1 aromatic heterocycles. The minimum Gasteiger partial charge on any atom is -0.353 e. The highest BCUT2D eigenvalue weighted by atomic mass is 16.2. The lowest BCUT2D eigenvalue weighted by atomic mass is 10.2. The third-order valence-corrected chi connectivity index (χ3v) is 5.18. The minimum absolute atomic E-state index is 0.0765. The average molecular weight is 383 g/mol. The first-order chi connectivity index (χ1) is 13.7. The van der Waals surface area contributed by atoms with Crippen LogP contribution in [0, 0.1) is 0 Å². The number of aryl methyl sites for hydroxylation is 1. The van der Waals surface area contributed by atoms with Gasteiger partial charge in [-0.3, -0.25) is 9.59 Å². The van der Waals surface area contributed by atoms with E-state index in [1.165, 1.54) is 18.9 Å². The Bertz CT molecular complexity index is 832. The van der Waals surface area contributed by atoms with E-state index < -0.39 is 0 Å². The van der Waals surface area contributed by atoms with Crippen molar-refractivity contribution >= 4 is 22.8 Å². The van der Waals surface area contributed by atoms with E-state index in [1.807, 2.05) is 36.1 Å². The van der Waals surface area contributed by atoms with Crippen LogP contribution in [0.25, 0.3) is 11.0 Å². The smallest absolute Gasteiger partial charge is 0.243 e. The fourth-order valence-corrected chi connectivity index (χ4v) is 3.72. The number of aromatic nitrogens is 2. The van der Waals surface area contributed by atoms with E-state index >= 15 is 0 Å². The molecule has 0 spiro atoms. The molecule has 1 fully saturated rings. The van der Waals surface area contributed by atoms with Gasteiger partial charge in [-0.1, -0.05) is 31.1 Å². The van der Waals surface area contributed by atoms with Gasteiger partial charge in [-0.15, -0.1) is 0 Å². The maximum atomic E-state index is 12.9. The Morgan fingerprint density at radius 3 is 2.64 bits per heavy atom. The van der Waals surface area contributed by atoms with E-state index in [9.17, 15) is 9.59 Å². The molecule has 0 bridgehead atoms. The van der Waals surface area contributed by atoms with Crippen molar-refractivity contribution in [3.05, 3.63) is 42.2 Å². The number of benzene rings is 1. The van der Waals surface area contributed by atoms with Crippen LogP contribution in [0.3, 0.4) is 0 Å². The van der Waals surface area contributed by atoms with Crippen LogP contribution in [0.5, 0.6) is 0 Å². The number of likely N-dealkylation sites (tertiary alicyclic amines) is 1. The average Bonchev–Trinajstić information content (AvgIpc) is 2.86. The van der Waals surface area contributed by atoms with Crippen LogP contribution in [-0.4, -0.2) is 45.9 Å². The highest BCUT2D eigenvalue weighted by Crippen LogP contribution is 2.18. The number of carbonyl (C=O) groups excluding carboxylic acids is 2. The zero-order valence-electron chi connectivity index (χ0n) is 16.7. The number of amides is 2. The van der Waals surface area contributed by atoms with Crippen molar-refractivity contribution in [1.82, 2.24) is 19.8 Å². The molecular weight excluding hydrogens is 352 g/mol. The van der Waals surface area contributed by atoms with E-state index in [-0.39, 0.29) is 11.8 Å². The first kappa shape index (κ1) is 20.1. The molecule has 3 rings (SSSR count). The van der Waals surface area contributed by atoms with Gasteiger partial charge in [0.2, 0.25) is 11.8 Å². The van der Waals surface area contributed by atoms with Crippen LogP contribution in [0.15, 0.2) is 36.4 Å². The molecule has 2 aromatic rings. The Balaban J connectivity index is 1.69. The number of hydrogen-bond donors (Lipinski definition) is 1. The zero-order chi connectivity index (χ0) is 19.8. The number of nitrogens with zero attached hydrogens (tertiary/aromatic N) is 3. The van der Waals surface area contributed by atoms with Gasteiger partial charge >= 0.3 is 0 Å². The predicted molar refractivity (Wildman–Crippen MR) is 111 cm³/mol. The highest BCUT2D eigenvalue weighted by molar-refractivity contribution is 5.87. The molecule has 28 heavy (non-hydrogen) atoms. The van der Waals surface area contributed by atoms with Gasteiger partial charge in [-0.05, 0) is 44.4 Å². The van der Waals surface area contributed by atoms with Crippen molar-refractivity contribution in [3.63, 3.8) is 0 Å². The minimum atomic E-state index is -0.0765. The number of carbonyl (C=O) groups is 2. The van der Waals surface area contributed by atoms with Gasteiger partial charge in [-0.25, -0.2) is 4.98 Å². The summed E-state index contributed by atoms with van der Waals surface area (Å²) in [5, 5.41) is 2.87. The number of para-hydroxylation sites is 2. The molecule has 1 aromatic carbocycles. The lowest BCUT2D eigenvalue weighted by molar-refractivity contribution is -0.131. The van der Waals surface area contributed by atoms with Crippen LogP contribution in [0.2, 0.25) is 0 Å². The summed E-state index contributed by atoms with van der Waals surface area (Å²) in [7, 11) is 0. The molecule has 6 heteroatoms. The summed E-state index contributed by atoms with van der Waals surface area (Å²) in [5.41, 5.74) is 1.91. The van der Waals surface area contributed by atoms with Gasteiger partial charge < -0.3 is 14.8 Å². The standard InChI is InChI=1S/C22H30N4O2/c1-2-10-21(27)23-14-9-13-20-24-18-11-5-6-12-19(18)26(20)17-22(28)25-15-7-3-4-8-16-25/h2,5-6,10-12H,3-4,7-9,13-17H2,1H3,(H,23,27)/b10-2-. The van der Waals surface area contributed by atoms with Crippen molar-refractivity contribution in [2.75, 3.05) is 19.6 Å². The molecule has 150 valence electrons. The number of rotatable bonds is 7. The van der Waals surface area contributed by atoms with Crippen molar-refractivity contribution in [2.45, 2.75) is 52.0 Å². The number of allylic oxidation sites excluding steroid dienone is 1. The van der Waals surface area contributed by atoms with Crippen molar-refractivity contribution in [1.29, 1.82) is 0 Å². The summed E-state index contributed by atoms with van der Waals surface area (Å²) in [4.78, 5) is 31.2. The second-order valence-corrected chi connectivity index (χ2v) is 7.29. The molecule has 2 heterocycles. The Hall–Kier alpha value is -2.63. The van der Waals surface area contributed by atoms with Gasteiger partial charge in [0.25, 0.3) is 0 Å². The maximum Gasteiger partial charge on any atom is 0.243 e. The predicted octanol–water partition coefficient (Wildman–Crippen LogP) is 3.06. The second-order valence-electron chi connectivity index (χ2n) is 7.29. The summed E-state index contributed by atoms with van der Waals surface area (Å²) in [6.07, 6.45) is 9.36. The van der Waals surface area contributed by atoms with E-state index in [1.54, 1.807) is 6.08 Å². The monoisotopic (exact) mass is 382 g/mol.